The second kappa shape index (κ2) is 16.1. The molecule has 194 valence electrons. The van der Waals surface area contributed by atoms with Gasteiger partial charge in [0.1, 0.15) is 18.6 Å². The minimum atomic E-state index is -1.22. The Balaban J connectivity index is 5.25. The highest BCUT2D eigenvalue weighted by Crippen LogP contribution is 2.06. The van der Waals surface area contributed by atoms with Gasteiger partial charge in [-0.25, -0.2) is 0 Å². The zero-order chi connectivity index (χ0) is 26.3. The van der Waals surface area contributed by atoms with Crippen molar-refractivity contribution in [3.63, 3.8) is 0 Å². The van der Waals surface area contributed by atoms with Gasteiger partial charge in [-0.2, -0.15) is 0 Å². The maximum atomic E-state index is 12.9. The number of nitrogens with two attached hydrogens (primary N) is 5. The molecule has 0 aromatic rings. The van der Waals surface area contributed by atoms with Crippen LogP contribution in [0.5, 0.6) is 0 Å². The van der Waals surface area contributed by atoms with Gasteiger partial charge in [0.2, 0.25) is 17.7 Å². The predicted molar refractivity (Wildman–Crippen MR) is 127 cm³/mol. The third-order valence-corrected chi connectivity index (χ3v) is 4.54. The highest BCUT2D eigenvalue weighted by Gasteiger charge is 2.29. The molecular formula is C19H38N10O5. The van der Waals surface area contributed by atoms with Crippen molar-refractivity contribution in [2.45, 2.75) is 57.7 Å². The standard InChI is InChI=1S/C19H38N10O5/c1-10(2)14(17(34)27-9-13(30)31)29-16(33)12(6-4-8-26-19(23)24)28-15(32)11(20)5-3-7-25-18(21)22/h10-12,14H,3-9,20H2,1-2H3,(H,27,34)(H,28,32)(H,29,33)(H,30,31)(H4,21,22,25)(H4,23,24,26). The molecule has 3 atom stereocenters. The molecule has 34 heavy (non-hydrogen) atoms. The summed E-state index contributed by atoms with van der Waals surface area (Å²) in [7, 11) is 0. The summed E-state index contributed by atoms with van der Waals surface area (Å²) >= 11 is 0. The van der Waals surface area contributed by atoms with E-state index in [2.05, 4.69) is 25.9 Å². The first kappa shape index (κ1) is 30.4. The topological polar surface area (TPSA) is 279 Å². The lowest BCUT2D eigenvalue weighted by Crippen LogP contribution is -2.57. The van der Waals surface area contributed by atoms with E-state index in [1.165, 1.54) is 0 Å². The number of rotatable bonds is 16. The molecule has 0 heterocycles. The fourth-order valence-corrected chi connectivity index (χ4v) is 2.76. The van der Waals surface area contributed by atoms with Crippen LogP contribution in [0, 0.1) is 5.92 Å². The number of nitrogens with zero attached hydrogens (tertiary/aromatic N) is 2. The summed E-state index contributed by atoms with van der Waals surface area (Å²) < 4.78 is 0. The fraction of sp³-hybridized carbons (Fsp3) is 0.684. The van der Waals surface area contributed by atoms with E-state index >= 15 is 0 Å². The number of hydrogen-bond acceptors (Lipinski definition) is 7. The lowest BCUT2D eigenvalue weighted by atomic mass is 10.0. The number of amides is 3. The number of carboxylic acid groups (broad SMARTS) is 1. The third kappa shape index (κ3) is 13.7. The van der Waals surface area contributed by atoms with Crippen LogP contribution < -0.4 is 44.6 Å². The average molecular weight is 487 g/mol. The Morgan fingerprint density at radius 3 is 1.82 bits per heavy atom. The summed E-state index contributed by atoms with van der Waals surface area (Å²) in [6.07, 6.45) is 1.24. The van der Waals surface area contributed by atoms with Gasteiger partial charge in [-0.05, 0) is 31.6 Å². The highest BCUT2D eigenvalue weighted by molar-refractivity contribution is 5.93. The van der Waals surface area contributed by atoms with Crippen LogP contribution in [0.25, 0.3) is 0 Å². The van der Waals surface area contributed by atoms with Crippen molar-refractivity contribution in [3.05, 3.63) is 0 Å². The molecule has 3 amide bonds. The number of aliphatic carboxylic acids is 1. The van der Waals surface area contributed by atoms with Crippen LogP contribution in [0.2, 0.25) is 0 Å². The first-order chi connectivity index (χ1) is 15.8. The van der Waals surface area contributed by atoms with Crippen LogP contribution in [-0.2, 0) is 19.2 Å². The van der Waals surface area contributed by atoms with Gasteiger partial charge in [0.05, 0.1) is 6.04 Å². The van der Waals surface area contributed by atoms with E-state index in [1.807, 2.05) is 0 Å². The van der Waals surface area contributed by atoms with Crippen LogP contribution >= 0.6 is 0 Å². The van der Waals surface area contributed by atoms with E-state index in [4.69, 9.17) is 33.8 Å². The molecule has 0 saturated heterocycles. The van der Waals surface area contributed by atoms with E-state index < -0.39 is 48.4 Å². The Hall–Kier alpha value is -3.62. The molecule has 0 radical (unpaired) electrons. The van der Waals surface area contributed by atoms with Crippen LogP contribution in [-0.4, -0.2) is 78.5 Å². The normalized spacial score (nSPS) is 13.2. The van der Waals surface area contributed by atoms with Crippen LogP contribution in [0.4, 0.5) is 0 Å². The Kier molecular flexibility index (Phi) is 14.4. The molecule has 0 saturated carbocycles. The van der Waals surface area contributed by atoms with Gasteiger partial charge in [-0.15, -0.1) is 0 Å². The maximum absolute atomic E-state index is 12.9. The summed E-state index contributed by atoms with van der Waals surface area (Å²) in [5, 5.41) is 16.2. The number of hydrogen-bond donors (Lipinski definition) is 9. The first-order valence-corrected chi connectivity index (χ1v) is 10.8. The summed E-state index contributed by atoms with van der Waals surface area (Å²) in [5.41, 5.74) is 27.0. The number of nitrogens with one attached hydrogen (secondary N) is 3. The smallest absolute Gasteiger partial charge is 0.322 e. The van der Waals surface area contributed by atoms with Crippen molar-refractivity contribution in [2.75, 3.05) is 19.6 Å². The Labute approximate surface area is 198 Å². The number of carboxylic acids is 1. The Morgan fingerprint density at radius 2 is 1.35 bits per heavy atom. The van der Waals surface area contributed by atoms with Crippen molar-refractivity contribution in [2.24, 2.45) is 44.6 Å². The number of carbonyl (C=O) groups is 4. The van der Waals surface area contributed by atoms with Gasteiger partial charge in [-0.3, -0.25) is 29.2 Å². The quantitative estimate of drug-likeness (QED) is 0.0583. The molecule has 0 spiro atoms. The van der Waals surface area contributed by atoms with Crippen LogP contribution in [0.15, 0.2) is 9.98 Å². The minimum absolute atomic E-state index is 0.0670. The lowest BCUT2D eigenvalue weighted by Gasteiger charge is -2.26. The van der Waals surface area contributed by atoms with Crippen molar-refractivity contribution >= 4 is 35.6 Å². The van der Waals surface area contributed by atoms with Gasteiger partial charge in [-0.1, -0.05) is 13.8 Å². The van der Waals surface area contributed by atoms with Crippen LogP contribution in [0.1, 0.15) is 39.5 Å². The summed E-state index contributed by atoms with van der Waals surface area (Å²) in [6, 6.07) is -2.96. The van der Waals surface area contributed by atoms with E-state index in [-0.39, 0.29) is 37.2 Å². The lowest BCUT2D eigenvalue weighted by molar-refractivity contribution is -0.139. The van der Waals surface area contributed by atoms with Gasteiger partial charge >= 0.3 is 5.97 Å². The molecule has 15 heteroatoms. The van der Waals surface area contributed by atoms with Gasteiger partial charge in [0, 0.05) is 13.1 Å². The molecule has 0 bridgehead atoms. The molecule has 0 aliphatic carbocycles. The second-order valence-corrected chi connectivity index (χ2v) is 7.91. The van der Waals surface area contributed by atoms with Crippen molar-refractivity contribution < 1.29 is 24.3 Å². The Bertz CT molecular complexity index is 748. The van der Waals surface area contributed by atoms with E-state index in [0.29, 0.717) is 19.4 Å². The van der Waals surface area contributed by atoms with Crippen molar-refractivity contribution in [3.8, 4) is 0 Å². The fourth-order valence-electron chi connectivity index (χ4n) is 2.76. The molecular weight excluding hydrogens is 448 g/mol. The monoisotopic (exact) mass is 486 g/mol. The zero-order valence-electron chi connectivity index (χ0n) is 19.6. The van der Waals surface area contributed by atoms with Crippen LogP contribution in [0.3, 0.4) is 0 Å². The highest BCUT2D eigenvalue weighted by atomic mass is 16.4. The summed E-state index contributed by atoms with van der Waals surface area (Å²) in [6.45, 7) is 3.30. The van der Waals surface area contributed by atoms with Gasteiger partial charge in [0.25, 0.3) is 0 Å². The first-order valence-electron chi connectivity index (χ1n) is 10.8. The molecule has 0 aromatic carbocycles. The van der Waals surface area contributed by atoms with Crippen molar-refractivity contribution in [1.82, 2.24) is 16.0 Å². The van der Waals surface area contributed by atoms with Gasteiger partial charge in [0.15, 0.2) is 11.9 Å². The SMILES string of the molecule is CC(C)C(NC(=O)C(CCCN=C(N)N)NC(=O)C(N)CCCN=C(N)N)C(=O)NCC(=O)O. The number of guanidine groups is 2. The average Bonchev–Trinajstić information content (AvgIpc) is 2.74. The molecule has 3 unspecified atom stereocenters. The van der Waals surface area contributed by atoms with Gasteiger partial charge < -0.3 is 49.7 Å². The molecule has 0 rings (SSSR count). The predicted octanol–water partition coefficient (Wildman–Crippen LogP) is -3.75. The maximum Gasteiger partial charge on any atom is 0.322 e. The van der Waals surface area contributed by atoms with E-state index in [0.717, 1.165) is 0 Å². The minimum Gasteiger partial charge on any atom is -0.480 e. The molecule has 15 nitrogen and oxygen atoms in total. The summed E-state index contributed by atoms with van der Waals surface area (Å²) in [5.74, 6) is -3.61. The van der Waals surface area contributed by atoms with E-state index in [1.54, 1.807) is 13.8 Å². The molecule has 14 N–H and O–H groups in total. The third-order valence-electron chi connectivity index (χ3n) is 4.54. The second-order valence-electron chi connectivity index (χ2n) is 7.91. The molecule has 0 aliphatic rings. The largest absolute Gasteiger partial charge is 0.480 e. The van der Waals surface area contributed by atoms with E-state index in [9.17, 15) is 19.2 Å². The number of carbonyl (C=O) groups excluding carboxylic acids is 3. The van der Waals surface area contributed by atoms with Crippen molar-refractivity contribution in [1.29, 1.82) is 0 Å². The molecule has 0 aromatic heterocycles. The zero-order valence-corrected chi connectivity index (χ0v) is 19.6. The molecule has 0 fully saturated rings. The summed E-state index contributed by atoms with van der Waals surface area (Å²) in [4.78, 5) is 56.2. The Morgan fingerprint density at radius 1 is 0.824 bits per heavy atom. The number of aliphatic imine (C=N–C) groups is 2. The molecule has 0 aliphatic heterocycles.